The molecule has 0 aromatic heterocycles. The van der Waals surface area contributed by atoms with Crippen molar-refractivity contribution in [3.63, 3.8) is 0 Å². The second-order valence-corrected chi connectivity index (χ2v) is 6.01. The molecule has 0 saturated heterocycles. The molecule has 1 saturated carbocycles. The summed E-state index contributed by atoms with van der Waals surface area (Å²) >= 11 is 0. The van der Waals surface area contributed by atoms with Crippen molar-refractivity contribution in [2.45, 2.75) is 46.0 Å². The van der Waals surface area contributed by atoms with Gasteiger partial charge in [0.05, 0.1) is 13.7 Å². The topological polar surface area (TPSA) is 75.7 Å². The molecule has 1 N–H and O–H groups in total. The summed E-state index contributed by atoms with van der Waals surface area (Å²) in [6.45, 7) is 5.42. The van der Waals surface area contributed by atoms with Gasteiger partial charge in [-0.1, -0.05) is 27.2 Å². The van der Waals surface area contributed by atoms with Crippen LogP contribution in [0.3, 0.4) is 0 Å². The molecule has 0 atom stereocenters. The first-order chi connectivity index (χ1) is 10.6. The number of hydrogen-bond donors (Lipinski definition) is 1. The minimum atomic E-state index is -2.70. The van der Waals surface area contributed by atoms with E-state index in [9.17, 15) is 23.2 Å². The first kappa shape index (κ1) is 21.3. The Balaban J connectivity index is 0.00000149. The molecule has 8 heteroatoms. The van der Waals surface area contributed by atoms with Crippen LogP contribution in [-0.2, 0) is 14.3 Å². The van der Waals surface area contributed by atoms with Gasteiger partial charge >= 0.3 is 6.09 Å². The van der Waals surface area contributed by atoms with Gasteiger partial charge in [-0.05, 0) is 5.41 Å². The molecule has 0 spiro atoms. The van der Waals surface area contributed by atoms with Crippen LogP contribution < -0.4 is 5.32 Å². The van der Waals surface area contributed by atoms with Crippen molar-refractivity contribution >= 4 is 18.3 Å². The first-order valence-electron chi connectivity index (χ1n) is 7.54. The Morgan fingerprint density at radius 1 is 1.30 bits per heavy atom. The maximum atomic E-state index is 12.9. The average Bonchev–Trinajstić information content (AvgIpc) is 2.42. The van der Waals surface area contributed by atoms with Crippen molar-refractivity contribution in [2.75, 3.05) is 26.7 Å². The minimum Gasteiger partial charge on any atom is -0.453 e. The zero-order chi connectivity index (χ0) is 18.1. The third-order valence-corrected chi connectivity index (χ3v) is 3.16. The lowest BCUT2D eigenvalue weighted by atomic mass is 9.67. The zero-order valence-corrected chi connectivity index (χ0v) is 14.2. The van der Waals surface area contributed by atoms with Gasteiger partial charge in [0.25, 0.3) is 0 Å². The standard InChI is InChI=1S/C12H18F2N2O4.C3H8/c1-11(6-12(13,14)7-11)8-16(3-4-17)9(18)5-15-10(19)20-2;1-3-2/h4H,3,5-8H2,1-2H3,(H,15,19);3H2,1-2H3. The number of methoxy groups -OCH3 is 1. The fourth-order valence-corrected chi connectivity index (χ4v) is 2.45. The lowest BCUT2D eigenvalue weighted by Crippen LogP contribution is -2.53. The predicted molar refractivity (Wildman–Crippen MR) is 81.3 cm³/mol. The fourth-order valence-electron chi connectivity index (χ4n) is 2.45. The van der Waals surface area contributed by atoms with Gasteiger partial charge in [0.2, 0.25) is 11.8 Å². The van der Waals surface area contributed by atoms with Crippen LogP contribution in [-0.4, -0.2) is 55.9 Å². The molecular formula is C15H26F2N2O4. The van der Waals surface area contributed by atoms with Crippen LogP contribution in [0.2, 0.25) is 0 Å². The predicted octanol–water partition coefficient (Wildman–Crippen LogP) is 2.22. The molecule has 2 amide bonds. The molecule has 23 heavy (non-hydrogen) atoms. The highest BCUT2D eigenvalue weighted by Gasteiger charge is 2.54. The lowest BCUT2D eigenvalue weighted by molar-refractivity contribution is -0.166. The van der Waals surface area contributed by atoms with Gasteiger partial charge in [0.15, 0.2) is 0 Å². The summed E-state index contributed by atoms with van der Waals surface area (Å²) in [7, 11) is 1.15. The number of alkyl carbamates (subject to hydrolysis) is 1. The number of halogens is 2. The van der Waals surface area contributed by atoms with Gasteiger partial charge in [-0.2, -0.15) is 0 Å². The molecular weight excluding hydrogens is 310 g/mol. The molecule has 0 aliphatic heterocycles. The van der Waals surface area contributed by atoms with E-state index in [0.29, 0.717) is 6.29 Å². The molecule has 1 aliphatic carbocycles. The van der Waals surface area contributed by atoms with E-state index in [1.807, 2.05) is 0 Å². The summed E-state index contributed by atoms with van der Waals surface area (Å²) in [6, 6.07) is 0. The Hall–Kier alpha value is -1.73. The van der Waals surface area contributed by atoms with Crippen molar-refractivity contribution in [1.29, 1.82) is 0 Å². The molecule has 0 bridgehead atoms. The molecule has 0 aromatic rings. The summed E-state index contributed by atoms with van der Waals surface area (Å²) in [5, 5.41) is 2.19. The molecule has 1 fully saturated rings. The van der Waals surface area contributed by atoms with E-state index in [1.165, 1.54) is 6.42 Å². The highest BCUT2D eigenvalue weighted by Crippen LogP contribution is 2.51. The van der Waals surface area contributed by atoms with Crippen LogP contribution in [0.5, 0.6) is 0 Å². The number of amides is 2. The van der Waals surface area contributed by atoms with Gasteiger partial charge in [-0.15, -0.1) is 0 Å². The van der Waals surface area contributed by atoms with Crippen LogP contribution in [0.25, 0.3) is 0 Å². The largest absolute Gasteiger partial charge is 0.453 e. The second kappa shape index (κ2) is 9.42. The van der Waals surface area contributed by atoms with E-state index in [0.717, 1.165) is 12.0 Å². The van der Waals surface area contributed by atoms with Crippen molar-refractivity contribution in [3.05, 3.63) is 0 Å². The smallest absolute Gasteiger partial charge is 0.407 e. The highest BCUT2D eigenvalue weighted by atomic mass is 19.3. The van der Waals surface area contributed by atoms with Crippen LogP contribution in [0.4, 0.5) is 13.6 Å². The lowest BCUT2D eigenvalue weighted by Gasteiger charge is -2.47. The monoisotopic (exact) mass is 336 g/mol. The van der Waals surface area contributed by atoms with E-state index in [2.05, 4.69) is 23.9 Å². The first-order valence-corrected chi connectivity index (χ1v) is 7.54. The highest BCUT2D eigenvalue weighted by molar-refractivity contribution is 5.83. The number of ether oxygens (including phenoxy) is 1. The van der Waals surface area contributed by atoms with Gasteiger partial charge in [0.1, 0.15) is 12.8 Å². The summed E-state index contributed by atoms with van der Waals surface area (Å²) in [5.74, 6) is -3.21. The Morgan fingerprint density at radius 3 is 2.22 bits per heavy atom. The average molecular weight is 336 g/mol. The van der Waals surface area contributed by atoms with E-state index in [-0.39, 0.29) is 32.5 Å². The van der Waals surface area contributed by atoms with Crippen molar-refractivity contribution in [3.8, 4) is 0 Å². The van der Waals surface area contributed by atoms with Crippen molar-refractivity contribution < 1.29 is 27.9 Å². The summed E-state index contributed by atoms with van der Waals surface area (Å²) < 4.78 is 30.2. The van der Waals surface area contributed by atoms with Crippen molar-refractivity contribution in [1.82, 2.24) is 10.2 Å². The number of carbonyl (C=O) groups is 3. The van der Waals surface area contributed by atoms with Crippen molar-refractivity contribution in [2.24, 2.45) is 5.41 Å². The third kappa shape index (κ3) is 7.90. The Kier molecular flexibility index (Phi) is 8.71. The number of carbonyl (C=O) groups excluding carboxylic acids is 3. The van der Waals surface area contributed by atoms with E-state index in [4.69, 9.17) is 0 Å². The van der Waals surface area contributed by atoms with E-state index in [1.54, 1.807) is 6.92 Å². The third-order valence-electron chi connectivity index (χ3n) is 3.16. The minimum absolute atomic E-state index is 0.0585. The maximum absolute atomic E-state index is 12.9. The zero-order valence-electron chi connectivity index (χ0n) is 14.2. The molecule has 6 nitrogen and oxygen atoms in total. The molecule has 0 unspecified atom stereocenters. The fraction of sp³-hybridized carbons (Fsp3) is 0.800. The number of rotatable bonds is 6. The molecule has 0 aromatic carbocycles. The number of hydrogen-bond acceptors (Lipinski definition) is 4. The number of nitrogens with one attached hydrogen (secondary N) is 1. The molecule has 0 radical (unpaired) electrons. The molecule has 134 valence electrons. The molecule has 0 heterocycles. The van der Waals surface area contributed by atoms with Crippen LogP contribution in [0, 0.1) is 5.41 Å². The van der Waals surface area contributed by atoms with Crippen LogP contribution >= 0.6 is 0 Å². The quantitative estimate of drug-likeness (QED) is 0.755. The Labute approximate surface area is 135 Å². The van der Waals surface area contributed by atoms with Crippen LogP contribution in [0.1, 0.15) is 40.0 Å². The second-order valence-electron chi connectivity index (χ2n) is 6.01. The maximum Gasteiger partial charge on any atom is 0.407 e. The van der Waals surface area contributed by atoms with Gasteiger partial charge in [-0.3, -0.25) is 4.79 Å². The number of nitrogens with zero attached hydrogens (tertiary/aromatic N) is 1. The van der Waals surface area contributed by atoms with Crippen LogP contribution in [0.15, 0.2) is 0 Å². The summed E-state index contributed by atoms with van der Waals surface area (Å²) in [6.07, 6.45) is 0.377. The SMILES string of the molecule is CCC.COC(=O)NCC(=O)N(CC=O)CC1(C)CC(F)(F)C1. The summed E-state index contributed by atoms with van der Waals surface area (Å²) in [4.78, 5) is 34.4. The number of aldehydes is 1. The van der Waals surface area contributed by atoms with Gasteiger partial charge in [0, 0.05) is 19.4 Å². The normalized spacial score (nSPS) is 17.0. The Morgan fingerprint density at radius 2 is 1.83 bits per heavy atom. The van der Waals surface area contributed by atoms with E-state index < -0.39 is 23.3 Å². The summed E-state index contributed by atoms with van der Waals surface area (Å²) in [5.41, 5.74) is -0.701. The number of alkyl halides is 2. The van der Waals surface area contributed by atoms with E-state index >= 15 is 0 Å². The van der Waals surface area contributed by atoms with Gasteiger partial charge < -0.3 is 19.7 Å². The molecule has 1 aliphatic rings. The molecule has 1 rings (SSSR count). The Bertz CT molecular complexity index is 408. The van der Waals surface area contributed by atoms with Gasteiger partial charge in [-0.25, -0.2) is 13.6 Å².